The van der Waals surface area contributed by atoms with Crippen molar-refractivity contribution in [3.63, 3.8) is 0 Å². The molecule has 0 aliphatic carbocycles. The number of sulfonamides is 1. The molecule has 1 unspecified atom stereocenters. The molecular weight excluding hydrogens is 260 g/mol. The van der Waals surface area contributed by atoms with Crippen molar-refractivity contribution < 1.29 is 8.42 Å². The van der Waals surface area contributed by atoms with Crippen molar-refractivity contribution in [1.29, 1.82) is 0 Å². The van der Waals surface area contributed by atoms with Crippen LogP contribution in [0.3, 0.4) is 0 Å². The van der Waals surface area contributed by atoms with Gasteiger partial charge in [0.1, 0.15) is 0 Å². The van der Waals surface area contributed by atoms with Crippen LogP contribution in [0.15, 0.2) is 23.1 Å². The van der Waals surface area contributed by atoms with Gasteiger partial charge in [-0.1, -0.05) is 17.7 Å². The molecule has 0 bridgehead atoms. The minimum absolute atomic E-state index is 0.286. The largest absolute Gasteiger partial charge is 0.330 e. The summed E-state index contributed by atoms with van der Waals surface area (Å²) in [6, 6.07) is 5.48. The van der Waals surface area contributed by atoms with E-state index in [1.54, 1.807) is 10.4 Å². The summed E-state index contributed by atoms with van der Waals surface area (Å²) in [5.41, 5.74) is 7.57. The first-order valence-corrected chi connectivity index (χ1v) is 8.16. The highest BCUT2D eigenvalue weighted by Gasteiger charge is 2.30. The fraction of sp³-hybridized carbons (Fsp3) is 0.571. The third-order valence-electron chi connectivity index (χ3n) is 3.76. The minimum atomic E-state index is -3.37. The summed E-state index contributed by atoms with van der Waals surface area (Å²) in [5, 5.41) is 0. The zero-order chi connectivity index (χ0) is 14.0. The summed E-state index contributed by atoms with van der Waals surface area (Å²) in [7, 11) is -3.37. The highest BCUT2D eigenvalue weighted by Crippen LogP contribution is 2.25. The van der Waals surface area contributed by atoms with Crippen molar-refractivity contribution in [2.45, 2.75) is 31.6 Å². The molecule has 1 fully saturated rings. The molecular formula is C14H22N2O2S. The molecule has 0 aromatic heterocycles. The highest BCUT2D eigenvalue weighted by molar-refractivity contribution is 7.89. The van der Waals surface area contributed by atoms with E-state index in [1.165, 1.54) is 0 Å². The Morgan fingerprint density at radius 1 is 1.37 bits per heavy atom. The highest BCUT2D eigenvalue weighted by atomic mass is 32.2. The monoisotopic (exact) mass is 282 g/mol. The van der Waals surface area contributed by atoms with E-state index in [0.29, 0.717) is 24.5 Å². The summed E-state index contributed by atoms with van der Waals surface area (Å²) >= 11 is 0. The van der Waals surface area contributed by atoms with Crippen LogP contribution in [0.4, 0.5) is 0 Å². The van der Waals surface area contributed by atoms with Crippen LogP contribution in [-0.4, -0.2) is 32.4 Å². The molecule has 1 heterocycles. The van der Waals surface area contributed by atoms with Gasteiger partial charge in [0.15, 0.2) is 0 Å². The van der Waals surface area contributed by atoms with E-state index in [9.17, 15) is 8.42 Å². The molecule has 1 aromatic carbocycles. The van der Waals surface area contributed by atoms with Gasteiger partial charge >= 0.3 is 0 Å². The van der Waals surface area contributed by atoms with E-state index < -0.39 is 10.0 Å². The molecule has 106 valence electrons. The molecule has 1 aliphatic heterocycles. The summed E-state index contributed by atoms with van der Waals surface area (Å²) in [6.07, 6.45) is 1.92. The maximum absolute atomic E-state index is 12.7. The first-order chi connectivity index (χ1) is 8.95. The average Bonchev–Trinajstić information content (AvgIpc) is 2.38. The number of hydrogen-bond donors (Lipinski definition) is 1. The third kappa shape index (κ3) is 2.99. The third-order valence-corrected chi connectivity index (χ3v) is 5.79. The van der Waals surface area contributed by atoms with E-state index in [0.717, 1.165) is 24.0 Å². The van der Waals surface area contributed by atoms with Gasteiger partial charge in [0.25, 0.3) is 0 Å². The molecule has 5 heteroatoms. The molecule has 4 nitrogen and oxygen atoms in total. The van der Waals surface area contributed by atoms with Gasteiger partial charge in [-0.3, -0.25) is 0 Å². The van der Waals surface area contributed by atoms with Crippen LogP contribution in [0.2, 0.25) is 0 Å². The lowest BCUT2D eigenvalue weighted by atomic mass is 10.0. The van der Waals surface area contributed by atoms with E-state index in [2.05, 4.69) is 0 Å². The maximum atomic E-state index is 12.7. The number of piperidine rings is 1. The molecule has 2 N–H and O–H groups in total. The Kier molecular flexibility index (Phi) is 4.28. The first-order valence-electron chi connectivity index (χ1n) is 6.72. The second kappa shape index (κ2) is 5.61. The summed E-state index contributed by atoms with van der Waals surface area (Å²) in [4.78, 5) is 0.427. The van der Waals surface area contributed by atoms with Gasteiger partial charge in [-0.15, -0.1) is 0 Å². The van der Waals surface area contributed by atoms with Crippen molar-refractivity contribution in [3.05, 3.63) is 29.3 Å². The minimum Gasteiger partial charge on any atom is -0.330 e. The Labute approximate surface area is 115 Å². The Morgan fingerprint density at radius 3 is 2.74 bits per heavy atom. The van der Waals surface area contributed by atoms with Gasteiger partial charge < -0.3 is 5.73 Å². The zero-order valence-electron chi connectivity index (χ0n) is 11.6. The van der Waals surface area contributed by atoms with Crippen molar-refractivity contribution in [2.75, 3.05) is 19.6 Å². The van der Waals surface area contributed by atoms with Crippen LogP contribution in [0, 0.1) is 19.8 Å². The average molecular weight is 282 g/mol. The van der Waals surface area contributed by atoms with Crippen LogP contribution in [-0.2, 0) is 10.0 Å². The Balaban J connectivity index is 2.31. The first kappa shape index (κ1) is 14.5. The smallest absolute Gasteiger partial charge is 0.243 e. The normalized spacial score (nSPS) is 21.5. The van der Waals surface area contributed by atoms with Crippen molar-refractivity contribution in [2.24, 2.45) is 11.7 Å². The van der Waals surface area contributed by atoms with Crippen LogP contribution in [0.5, 0.6) is 0 Å². The van der Waals surface area contributed by atoms with Gasteiger partial charge in [-0.2, -0.15) is 4.31 Å². The standard InChI is InChI=1S/C14H22N2O2S/c1-11-5-6-14(12(2)8-11)19(17,18)16-7-3-4-13(9-15)10-16/h5-6,8,13H,3-4,7,9-10,15H2,1-2H3. The lowest BCUT2D eigenvalue weighted by Gasteiger charge is -2.31. The summed E-state index contributed by atoms with van der Waals surface area (Å²) < 4.78 is 26.9. The van der Waals surface area contributed by atoms with E-state index in [-0.39, 0.29) is 5.92 Å². The quantitative estimate of drug-likeness (QED) is 0.917. The SMILES string of the molecule is Cc1ccc(S(=O)(=O)N2CCCC(CN)C2)c(C)c1. The number of rotatable bonds is 3. The molecule has 1 aliphatic rings. The zero-order valence-corrected chi connectivity index (χ0v) is 12.4. The molecule has 0 spiro atoms. The molecule has 0 saturated carbocycles. The number of nitrogens with two attached hydrogens (primary N) is 1. The lowest BCUT2D eigenvalue weighted by molar-refractivity contribution is 0.271. The second-order valence-corrected chi connectivity index (χ2v) is 7.28. The van der Waals surface area contributed by atoms with Gasteiger partial charge in [0.05, 0.1) is 4.90 Å². The number of aryl methyl sites for hydroxylation is 2. The van der Waals surface area contributed by atoms with Crippen LogP contribution < -0.4 is 5.73 Å². The van der Waals surface area contributed by atoms with Crippen LogP contribution >= 0.6 is 0 Å². The molecule has 0 radical (unpaired) electrons. The van der Waals surface area contributed by atoms with Crippen LogP contribution in [0.25, 0.3) is 0 Å². The van der Waals surface area contributed by atoms with E-state index in [4.69, 9.17) is 5.73 Å². The van der Waals surface area contributed by atoms with Crippen LogP contribution in [0.1, 0.15) is 24.0 Å². The molecule has 1 aromatic rings. The Hall–Kier alpha value is -0.910. The predicted octanol–water partition coefficient (Wildman–Crippen LogP) is 1.66. The second-order valence-electron chi connectivity index (χ2n) is 5.38. The van der Waals surface area contributed by atoms with Crippen molar-refractivity contribution in [1.82, 2.24) is 4.31 Å². The number of hydrogen-bond acceptors (Lipinski definition) is 3. The number of benzene rings is 1. The molecule has 19 heavy (non-hydrogen) atoms. The predicted molar refractivity (Wildman–Crippen MR) is 76.5 cm³/mol. The van der Waals surface area contributed by atoms with Crippen molar-refractivity contribution >= 4 is 10.0 Å². The maximum Gasteiger partial charge on any atom is 0.243 e. The topological polar surface area (TPSA) is 63.4 Å². The summed E-state index contributed by atoms with van der Waals surface area (Å²) in [6.45, 7) is 5.52. The van der Waals surface area contributed by atoms with E-state index >= 15 is 0 Å². The molecule has 1 atom stereocenters. The van der Waals surface area contributed by atoms with Gasteiger partial charge in [0.2, 0.25) is 10.0 Å². The van der Waals surface area contributed by atoms with Crippen molar-refractivity contribution in [3.8, 4) is 0 Å². The fourth-order valence-corrected chi connectivity index (χ4v) is 4.43. The van der Waals surface area contributed by atoms with E-state index in [1.807, 2.05) is 26.0 Å². The van der Waals surface area contributed by atoms with Gasteiger partial charge in [-0.25, -0.2) is 8.42 Å². The fourth-order valence-electron chi connectivity index (χ4n) is 2.67. The Bertz CT molecular complexity index is 555. The van der Waals surface area contributed by atoms with Gasteiger partial charge in [-0.05, 0) is 50.8 Å². The Morgan fingerprint density at radius 2 is 2.11 bits per heavy atom. The lowest BCUT2D eigenvalue weighted by Crippen LogP contribution is -2.42. The molecule has 0 amide bonds. The summed E-state index contributed by atoms with van der Waals surface area (Å²) in [5.74, 6) is 0.286. The molecule has 1 saturated heterocycles. The number of nitrogens with zero attached hydrogens (tertiary/aromatic N) is 1. The van der Waals surface area contributed by atoms with Gasteiger partial charge in [0, 0.05) is 13.1 Å². The molecule has 2 rings (SSSR count).